The third-order valence-corrected chi connectivity index (χ3v) is 1.41. The highest BCUT2D eigenvalue weighted by Gasteiger charge is 1.89. The molecule has 3 heteroatoms. The van der Waals surface area contributed by atoms with Gasteiger partial charge in [-0.1, -0.05) is 22.9 Å². The molecular weight excluding hydrogens is 172 g/mol. The maximum atomic E-state index is 9.86. The molecule has 0 spiro atoms. The minimum atomic E-state index is -0.904. The maximum absolute atomic E-state index is 9.86. The molecule has 0 aromatic carbocycles. The molecule has 0 aliphatic heterocycles. The van der Waals surface area contributed by atoms with Gasteiger partial charge in [-0.15, -0.1) is 0 Å². The quantitative estimate of drug-likeness (QED) is 0.655. The van der Waals surface area contributed by atoms with Crippen LogP contribution >= 0.6 is 15.9 Å². The summed E-state index contributed by atoms with van der Waals surface area (Å²) >= 11 is 3.06. The Balaban J connectivity index is 3.75. The van der Waals surface area contributed by atoms with Crippen molar-refractivity contribution < 1.29 is 9.90 Å². The Hall–Kier alpha value is -0.310. The van der Waals surface area contributed by atoms with Gasteiger partial charge in [0, 0.05) is 10.6 Å². The zero-order chi connectivity index (χ0) is 6.57. The van der Waals surface area contributed by atoms with Crippen LogP contribution in [0.2, 0.25) is 0 Å². The molecule has 2 nitrogen and oxygen atoms in total. The number of hydrogen-bond acceptors (Lipinski definition) is 1. The minimum absolute atomic E-state index is 0.713. The predicted octanol–water partition coefficient (Wildman–Crippen LogP) is 1.76. The lowest BCUT2D eigenvalue weighted by atomic mass is 10.4. The van der Waals surface area contributed by atoms with E-state index >= 15 is 0 Å². The Kier molecular flexibility index (Phi) is 3.52. The summed E-state index contributed by atoms with van der Waals surface area (Å²) in [5.41, 5.74) is 0. The van der Waals surface area contributed by atoms with Crippen molar-refractivity contribution in [1.29, 1.82) is 0 Å². The van der Waals surface area contributed by atoms with Gasteiger partial charge in [0.25, 0.3) is 0 Å². The number of carbonyl (C=O) groups is 1. The number of rotatable bonds is 2. The van der Waals surface area contributed by atoms with Gasteiger partial charge in [-0.2, -0.15) is 0 Å². The van der Waals surface area contributed by atoms with E-state index in [4.69, 9.17) is 5.11 Å². The standard InChI is InChI=1S/C5H7BrO2/c1-2-4(6)3-5(7)8/h3H,2H2,1H3,(H,7,8). The van der Waals surface area contributed by atoms with Gasteiger partial charge in [-0.25, -0.2) is 4.79 Å². The summed E-state index contributed by atoms with van der Waals surface area (Å²) < 4.78 is 0.713. The normalized spacial score (nSPS) is 11.5. The van der Waals surface area contributed by atoms with Crippen LogP contribution in [0.25, 0.3) is 0 Å². The van der Waals surface area contributed by atoms with E-state index in [0.717, 1.165) is 12.5 Å². The van der Waals surface area contributed by atoms with Gasteiger partial charge in [0.1, 0.15) is 0 Å². The van der Waals surface area contributed by atoms with Crippen LogP contribution in [-0.4, -0.2) is 11.1 Å². The van der Waals surface area contributed by atoms with E-state index in [1.54, 1.807) is 0 Å². The molecule has 0 radical (unpaired) electrons. The molecule has 0 aliphatic carbocycles. The summed E-state index contributed by atoms with van der Waals surface area (Å²) in [6.07, 6.45) is 1.87. The van der Waals surface area contributed by atoms with Crippen molar-refractivity contribution in [2.45, 2.75) is 13.3 Å². The van der Waals surface area contributed by atoms with E-state index in [0.29, 0.717) is 4.48 Å². The molecule has 8 heavy (non-hydrogen) atoms. The first kappa shape index (κ1) is 7.69. The van der Waals surface area contributed by atoms with Crippen LogP contribution in [0.15, 0.2) is 10.6 Å². The first-order valence-electron chi connectivity index (χ1n) is 2.25. The maximum Gasteiger partial charge on any atom is 0.329 e. The third kappa shape index (κ3) is 3.87. The van der Waals surface area contributed by atoms with E-state index < -0.39 is 5.97 Å². The Bertz CT molecular complexity index is 118. The highest BCUT2D eigenvalue weighted by atomic mass is 79.9. The summed E-state index contributed by atoms with van der Waals surface area (Å²) in [7, 11) is 0. The lowest BCUT2D eigenvalue weighted by Gasteiger charge is -1.85. The molecule has 0 atom stereocenters. The molecule has 0 saturated heterocycles. The summed E-state index contributed by atoms with van der Waals surface area (Å²) in [4.78, 5) is 9.86. The topological polar surface area (TPSA) is 37.3 Å². The van der Waals surface area contributed by atoms with E-state index in [-0.39, 0.29) is 0 Å². The van der Waals surface area contributed by atoms with E-state index in [1.807, 2.05) is 6.92 Å². The second kappa shape index (κ2) is 3.66. The minimum Gasteiger partial charge on any atom is -0.478 e. The van der Waals surface area contributed by atoms with Crippen LogP contribution in [0.1, 0.15) is 13.3 Å². The molecule has 0 rings (SSSR count). The molecular formula is C5H7BrO2. The Morgan fingerprint density at radius 1 is 1.88 bits per heavy atom. The lowest BCUT2D eigenvalue weighted by Crippen LogP contribution is -1.86. The number of carboxylic acids is 1. The molecule has 0 heterocycles. The summed E-state index contributed by atoms with van der Waals surface area (Å²) in [5, 5.41) is 8.11. The molecule has 0 unspecified atom stereocenters. The van der Waals surface area contributed by atoms with Crippen molar-refractivity contribution in [3.63, 3.8) is 0 Å². The first-order valence-corrected chi connectivity index (χ1v) is 3.05. The number of aliphatic carboxylic acids is 1. The number of hydrogen-bond donors (Lipinski definition) is 1. The second-order valence-corrected chi connectivity index (χ2v) is 2.30. The van der Waals surface area contributed by atoms with Crippen LogP contribution in [0.5, 0.6) is 0 Å². The molecule has 1 N–H and O–H groups in total. The summed E-state index contributed by atoms with van der Waals surface area (Å²) in [5.74, 6) is -0.904. The van der Waals surface area contributed by atoms with Gasteiger partial charge in [-0.05, 0) is 6.42 Å². The van der Waals surface area contributed by atoms with Crippen molar-refractivity contribution in [2.75, 3.05) is 0 Å². The van der Waals surface area contributed by atoms with E-state index in [2.05, 4.69) is 15.9 Å². The van der Waals surface area contributed by atoms with Gasteiger partial charge in [0.15, 0.2) is 0 Å². The Morgan fingerprint density at radius 3 is 2.50 bits per heavy atom. The molecule has 0 aromatic rings. The van der Waals surface area contributed by atoms with E-state index in [1.165, 1.54) is 0 Å². The number of halogens is 1. The average Bonchev–Trinajstić information content (AvgIpc) is 1.65. The number of carboxylic acid groups (broad SMARTS) is 1. The third-order valence-electron chi connectivity index (χ3n) is 0.618. The van der Waals surface area contributed by atoms with Crippen LogP contribution in [0, 0.1) is 0 Å². The van der Waals surface area contributed by atoms with Crippen molar-refractivity contribution in [1.82, 2.24) is 0 Å². The molecule has 0 fully saturated rings. The zero-order valence-electron chi connectivity index (χ0n) is 4.52. The van der Waals surface area contributed by atoms with Crippen molar-refractivity contribution in [3.05, 3.63) is 10.6 Å². The largest absolute Gasteiger partial charge is 0.478 e. The first-order chi connectivity index (χ1) is 3.66. The molecule has 46 valence electrons. The lowest BCUT2D eigenvalue weighted by molar-refractivity contribution is -0.131. The highest BCUT2D eigenvalue weighted by Crippen LogP contribution is 2.07. The Labute approximate surface area is 56.3 Å². The predicted molar refractivity (Wildman–Crippen MR) is 34.9 cm³/mol. The Morgan fingerprint density at radius 2 is 2.38 bits per heavy atom. The van der Waals surface area contributed by atoms with Gasteiger partial charge in [0.05, 0.1) is 0 Å². The van der Waals surface area contributed by atoms with Gasteiger partial charge >= 0.3 is 5.97 Å². The van der Waals surface area contributed by atoms with Crippen LogP contribution in [0.4, 0.5) is 0 Å². The van der Waals surface area contributed by atoms with Gasteiger partial charge < -0.3 is 5.11 Å². The van der Waals surface area contributed by atoms with Crippen LogP contribution in [0.3, 0.4) is 0 Å². The molecule has 0 bridgehead atoms. The molecule has 0 amide bonds. The smallest absolute Gasteiger partial charge is 0.329 e. The monoisotopic (exact) mass is 178 g/mol. The fraction of sp³-hybridized carbons (Fsp3) is 0.400. The van der Waals surface area contributed by atoms with Gasteiger partial charge in [0.2, 0.25) is 0 Å². The molecule has 0 saturated carbocycles. The molecule has 0 aromatic heterocycles. The van der Waals surface area contributed by atoms with Crippen molar-refractivity contribution in [2.24, 2.45) is 0 Å². The number of allylic oxidation sites excluding steroid dienone is 1. The van der Waals surface area contributed by atoms with E-state index in [9.17, 15) is 4.79 Å². The van der Waals surface area contributed by atoms with Crippen LogP contribution < -0.4 is 0 Å². The van der Waals surface area contributed by atoms with Gasteiger partial charge in [-0.3, -0.25) is 0 Å². The fourth-order valence-corrected chi connectivity index (χ4v) is 0.432. The highest BCUT2D eigenvalue weighted by molar-refractivity contribution is 9.11. The van der Waals surface area contributed by atoms with Crippen molar-refractivity contribution in [3.8, 4) is 0 Å². The fourth-order valence-electron chi connectivity index (χ4n) is 0.236. The average molecular weight is 179 g/mol. The summed E-state index contributed by atoms with van der Waals surface area (Å²) in [6.45, 7) is 1.88. The summed E-state index contributed by atoms with van der Waals surface area (Å²) in [6, 6.07) is 0. The van der Waals surface area contributed by atoms with Crippen LogP contribution in [-0.2, 0) is 4.79 Å². The zero-order valence-corrected chi connectivity index (χ0v) is 6.10. The second-order valence-electron chi connectivity index (χ2n) is 1.28. The SMILES string of the molecule is CCC(Br)=CC(=O)O. The van der Waals surface area contributed by atoms with Crippen molar-refractivity contribution >= 4 is 21.9 Å². The molecule has 0 aliphatic rings.